The van der Waals surface area contributed by atoms with Crippen LogP contribution in [-0.4, -0.2) is 13.3 Å². The zero-order valence-corrected chi connectivity index (χ0v) is 16.5. The quantitative estimate of drug-likeness (QED) is 0.456. The van der Waals surface area contributed by atoms with Crippen LogP contribution < -0.4 is 29.6 Å². The van der Waals surface area contributed by atoms with E-state index >= 15 is 0 Å². The second kappa shape index (κ2) is 7.83. The summed E-state index contributed by atoms with van der Waals surface area (Å²) in [6.45, 7) is 1.53. The van der Waals surface area contributed by atoms with Crippen molar-refractivity contribution in [3.8, 4) is 0 Å². The molecule has 0 bridgehead atoms. The molecule has 23 heavy (non-hydrogen) atoms. The molecule has 0 saturated heterocycles. The number of aryl methyl sites for hydroxylation is 1. The fourth-order valence-electron chi connectivity index (χ4n) is 1.71. The van der Waals surface area contributed by atoms with Gasteiger partial charge in [0.2, 0.25) is 0 Å². The van der Waals surface area contributed by atoms with Gasteiger partial charge in [-0.3, -0.25) is 10.1 Å². The third-order valence-electron chi connectivity index (χ3n) is 2.78. The maximum absolute atomic E-state index is 12.3. The molecule has 0 N–H and O–H groups in total. The summed E-state index contributed by atoms with van der Waals surface area (Å²) in [5, 5.41) is 10.9. The molecule has 0 radical (unpaired) electrons. The Morgan fingerprint density at radius 3 is 2.35 bits per heavy atom. The smallest absolute Gasteiger partial charge is 0.572 e. The Morgan fingerprint density at radius 2 is 1.78 bits per heavy atom. The van der Waals surface area contributed by atoms with Gasteiger partial charge in [-0.1, -0.05) is 34.8 Å². The van der Waals surface area contributed by atoms with Crippen LogP contribution in [0.15, 0.2) is 41.3 Å². The molecular weight excluding hydrogens is 374 g/mol. The molecule has 0 aliphatic carbocycles. The van der Waals surface area contributed by atoms with E-state index in [2.05, 4.69) is 4.72 Å². The molecule has 0 amide bonds. The normalized spacial score (nSPS) is 10.7. The Balaban J connectivity index is 0.00000264. The first-order valence-corrected chi connectivity index (χ1v) is 8.08. The maximum Gasteiger partial charge on any atom is 1.00 e. The molecule has 2 rings (SSSR count). The first-order valence-electron chi connectivity index (χ1n) is 5.89. The summed E-state index contributed by atoms with van der Waals surface area (Å²) in [5.74, 6) is 0. The number of nitrogens with zero attached hydrogens (tertiary/aromatic N) is 2. The van der Waals surface area contributed by atoms with Gasteiger partial charge >= 0.3 is 29.6 Å². The third-order valence-corrected chi connectivity index (χ3v) is 4.79. The van der Waals surface area contributed by atoms with Crippen LogP contribution in [0.4, 0.5) is 11.4 Å². The van der Waals surface area contributed by atoms with E-state index < -0.39 is 14.9 Å². The molecule has 2 aromatic rings. The van der Waals surface area contributed by atoms with Gasteiger partial charge in [0.05, 0.1) is 14.8 Å². The van der Waals surface area contributed by atoms with Crippen molar-refractivity contribution in [2.24, 2.45) is 0 Å². The van der Waals surface area contributed by atoms with Gasteiger partial charge < -0.3 is 4.72 Å². The monoisotopic (exact) mass is 382 g/mol. The van der Waals surface area contributed by atoms with E-state index in [1.54, 1.807) is 0 Å². The molecule has 0 aromatic heterocycles. The molecule has 0 fully saturated rings. The van der Waals surface area contributed by atoms with Crippen LogP contribution in [0.2, 0.25) is 10.0 Å². The van der Waals surface area contributed by atoms with Crippen LogP contribution in [0.25, 0.3) is 4.72 Å². The summed E-state index contributed by atoms with van der Waals surface area (Å²) in [4.78, 5) is 9.88. The summed E-state index contributed by atoms with van der Waals surface area (Å²) in [6, 6.07) is 7.71. The van der Waals surface area contributed by atoms with Crippen LogP contribution >= 0.6 is 23.2 Å². The number of nitro groups is 1. The Morgan fingerprint density at radius 1 is 1.13 bits per heavy atom. The molecule has 116 valence electrons. The molecule has 0 aliphatic heterocycles. The summed E-state index contributed by atoms with van der Waals surface area (Å²) < 4.78 is 28.3. The minimum atomic E-state index is -4.08. The van der Waals surface area contributed by atoms with Crippen molar-refractivity contribution < 1.29 is 42.9 Å². The van der Waals surface area contributed by atoms with E-state index in [-0.39, 0.29) is 55.9 Å². The predicted molar refractivity (Wildman–Crippen MR) is 84.5 cm³/mol. The number of halogens is 2. The zero-order chi connectivity index (χ0) is 16.5. The average molecular weight is 383 g/mol. The minimum absolute atomic E-state index is 0. The Hall–Kier alpha value is -0.830. The van der Waals surface area contributed by atoms with Crippen molar-refractivity contribution in [2.75, 3.05) is 0 Å². The third kappa shape index (κ3) is 4.82. The van der Waals surface area contributed by atoms with Crippen LogP contribution in [0.3, 0.4) is 0 Å². The molecule has 0 saturated carbocycles. The van der Waals surface area contributed by atoms with E-state index in [0.29, 0.717) is 5.56 Å². The fraction of sp³-hybridized carbons (Fsp3) is 0.0769. The summed E-state index contributed by atoms with van der Waals surface area (Å²) in [6.07, 6.45) is 0. The van der Waals surface area contributed by atoms with Gasteiger partial charge in [-0.25, -0.2) is 8.42 Å². The topological polar surface area (TPSA) is 91.4 Å². The van der Waals surface area contributed by atoms with Crippen LogP contribution in [0.1, 0.15) is 5.56 Å². The number of nitro benzene ring substituents is 1. The van der Waals surface area contributed by atoms with Gasteiger partial charge in [0.1, 0.15) is 10.0 Å². The number of hydrogen-bond donors (Lipinski definition) is 0. The summed E-state index contributed by atoms with van der Waals surface area (Å²) in [5.41, 5.74) is 0.312. The number of hydrogen-bond acceptors (Lipinski definition) is 4. The number of non-ortho nitro benzene ring substituents is 1. The zero-order valence-electron chi connectivity index (χ0n) is 12.2. The SMILES string of the molecule is Cc1cc([N+](=O)[O-])ccc1[N-]S(=O)(=O)c1cc(Cl)ccc1Cl.[Na+]. The van der Waals surface area contributed by atoms with E-state index in [1.165, 1.54) is 43.3 Å². The van der Waals surface area contributed by atoms with E-state index in [1.807, 2.05) is 0 Å². The molecule has 2 aromatic carbocycles. The predicted octanol–water partition coefficient (Wildman–Crippen LogP) is 1.61. The second-order valence-electron chi connectivity index (χ2n) is 4.37. The molecule has 0 unspecified atom stereocenters. The van der Waals surface area contributed by atoms with Crippen molar-refractivity contribution in [1.29, 1.82) is 0 Å². The second-order valence-corrected chi connectivity index (χ2v) is 6.79. The van der Waals surface area contributed by atoms with Gasteiger partial charge in [0.15, 0.2) is 0 Å². The summed E-state index contributed by atoms with van der Waals surface area (Å²) in [7, 11) is -4.08. The molecule has 0 heterocycles. The molecular formula is C13H9Cl2N2NaO4S. The molecule has 0 spiro atoms. The van der Waals surface area contributed by atoms with E-state index in [9.17, 15) is 18.5 Å². The Kier molecular flexibility index (Phi) is 6.88. The molecule has 0 aliphatic rings. The van der Waals surface area contributed by atoms with E-state index in [0.717, 1.165) is 0 Å². The Labute approximate surface area is 165 Å². The number of rotatable bonds is 4. The minimum Gasteiger partial charge on any atom is -0.572 e. The summed E-state index contributed by atoms with van der Waals surface area (Å²) >= 11 is 11.6. The molecule has 0 atom stereocenters. The van der Waals surface area contributed by atoms with Crippen molar-refractivity contribution >= 4 is 44.6 Å². The maximum atomic E-state index is 12.3. The van der Waals surface area contributed by atoms with Gasteiger partial charge in [-0.05, 0) is 25.1 Å². The van der Waals surface area contributed by atoms with Crippen molar-refractivity contribution in [3.63, 3.8) is 0 Å². The molecule has 10 heteroatoms. The van der Waals surface area contributed by atoms with E-state index in [4.69, 9.17) is 23.2 Å². The molecule has 6 nitrogen and oxygen atoms in total. The first-order chi connectivity index (χ1) is 10.2. The van der Waals surface area contributed by atoms with Crippen molar-refractivity contribution in [2.45, 2.75) is 11.8 Å². The van der Waals surface area contributed by atoms with Gasteiger partial charge in [-0.2, -0.15) is 0 Å². The van der Waals surface area contributed by atoms with Crippen molar-refractivity contribution in [1.82, 2.24) is 0 Å². The largest absolute Gasteiger partial charge is 1.00 e. The Bertz CT molecular complexity index is 859. The number of sulfonamides is 1. The van der Waals surface area contributed by atoms with Crippen molar-refractivity contribution in [3.05, 3.63) is 66.8 Å². The fourth-order valence-corrected chi connectivity index (χ4v) is 3.51. The number of benzene rings is 2. The standard InChI is InChI=1S/C13H9Cl2N2O4S.Na/c1-8-6-10(17(18)19)3-5-12(8)16-22(20,21)13-7-9(14)2-4-11(13)15;/h2-7H,1H3;/q-1;+1. The van der Waals surface area contributed by atoms with Crippen LogP contribution in [-0.2, 0) is 10.0 Å². The first kappa shape index (κ1) is 20.2. The van der Waals surface area contributed by atoms with Crippen LogP contribution in [0.5, 0.6) is 0 Å². The van der Waals surface area contributed by atoms with Crippen LogP contribution in [0, 0.1) is 17.0 Å². The van der Waals surface area contributed by atoms with Gasteiger partial charge in [0.25, 0.3) is 5.69 Å². The average Bonchev–Trinajstić information content (AvgIpc) is 2.43. The van der Waals surface area contributed by atoms with Gasteiger partial charge in [-0.15, -0.1) is 5.69 Å². The van der Waals surface area contributed by atoms with Gasteiger partial charge in [0, 0.05) is 17.2 Å².